The molecule has 134 valence electrons. The lowest BCUT2D eigenvalue weighted by Gasteiger charge is -2.25. The maximum absolute atomic E-state index is 12.4. The minimum atomic E-state index is -0.662. The first-order valence-corrected chi connectivity index (χ1v) is 8.94. The average Bonchev–Trinajstić information content (AvgIpc) is 2.63. The van der Waals surface area contributed by atoms with Gasteiger partial charge in [0.05, 0.1) is 12.5 Å². The van der Waals surface area contributed by atoms with E-state index in [1.807, 2.05) is 36.4 Å². The van der Waals surface area contributed by atoms with E-state index >= 15 is 0 Å². The van der Waals surface area contributed by atoms with Crippen molar-refractivity contribution in [2.45, 2.75) is 57.0 Å². The number of rotatable bonds is 7. The molecule has 1 aromatic carbocycles. The summed E-state index contributed by atoms with van der Waals surface area (Å²) < 4.78 is 0. The Hall–Kier alpha value is -2.55. The average molecular weight is 342 g/mol. The van der Waals surface area contributed by atoms with Gasteiger partial charge in [-0.1, -0.05) is 49.6 Å². The van der Waals surface area contributed by atoms with Crippen LogP contribution in [0.3, 0.4) is 0 Å². The molecule has 0 saturated heterocycles. The molecule has 1 unspecified atom stereocenters. The van der Waals surface area contributed by atoms with Crippen LogP contribution in [0.25, 0.3) is 0 Å². The summed E-state index contributed by atoms with van der Waals surface area (Å²) in [6.07, 6.45) is 6.13. The largest absolute Gasteiger partial charge is 0.353 e. The van der Waals surface area contributed by atoms with Gasteiger partial charge in [0, 0.05) is 19.0 Å². The highest BCUT2D eigenvalue weighted by molar-refractivity contribution is 5.87. The van der Waals surface area contributed by atoms with E-state index in [4.69, 9.17) is 5.26 Å². The zero-order valence-electron chi connectivity index (χ0n) is 14.5. The number of nitriles is 1. The van der Waals surface area contributed by atoms with Crippen LogP contribution in [0.5, 0.6) is 0 Å². The van der Waals surface area contributed by atoms with Crippen LogP contribution < -0.4 is 16.0 Å². The molecular weight excluding hydrogens is 316 g/mol. The molecule has 1 aromatic rings. The summed E-state index contributed by atoms with van der Waals surface area (Å²) in [5.41, 5.74) is 0.973. The monoisotopic (exact) mass is 342 g/mol. The van der Waals surface area contributed by atoms with E-state index in [0.717, 1.165) is 31.2 Å². The summed E-state index contributed by atoms with van der Waals surface area (Å²) in [5.74, 6) is -0.266. The van der Waals surface area contributed by atoms with Gasteiger partial charge in [-0.2, -0.15) is 5.26 Å². The quantitative estimate of drug-likeness (QED) is 0.663. The van der Waals surface area contributed by atoms with Gasteiger partial charge in [0.1, 0.15) is 6.04 Å². The van der Waals surface area contributed by atoms with Gasteiger partial charge in [-0.05, 0) is 18.4 Å². The van der Waals surface area contributed by atoms with Crippen molar-refractivity contribution in [1.82, 2.24) is 16.0 Å². The smallest absolute Gasteiger partial charge is 0.315 e. The predicted octanol–water partition coefficient (Wildman–Crippen LogP) is 2.26. The lowest BCUT2D eigenvalue weighted by molar-refractivity contribution is -0.122. The molecule has 3 amide bonds. The van der Waals surface area contributed by atoms with Crippen molar-refractivity contribution >= 4 is 11.9 Å². The van der Waals surface area contributed by atoms with Gasteiger partial charge in [-0.15, -0.1) is 0 Å². The maximum atomic E-state index is 12.4. The third-order valence-electron chi connectivity index (χ3n) is 4.38. The van der Waals surface area contributed by atoms with Crippen LogP contribution in [-0.2, 0) is 11.2 Å². The van der Waals surface area contributed by atoms with Crippen molar-refractivity contribution in [3.63, 3.8) is 0 Å². The molecule has 25 heavy (non-hydrogen) atoms. The Labute approximate surface area is 149 Å². The first-order valence-electron chi connectivity index (χ1n) is 8.94. The fraction of sp³-hybridized carbons (Fsp3) is 0.526. The molecule has 0 spiro atoms. The molecule has 0 heterocycles. The van der Waals surface area contributed by atoms with Gasteiger partial charge in [0.15, 0.2) is 0 Å². The van der Waals surface area contributed by atoms with Crippen molar-refractivity contribution in [3.8, 4) is 6.07 Å². The number of carbonyl (C=O) groups is 2. The van der Waals surface area contributed by atoms with Gasteiger partial charge >= 0.3 is 6.03 Å². The lowest BCUT2D eigenvalue weighted by Crippen LogP contribution is -2.53. The molecule has 1 saturated carbocycles. The molecule has 2 rings (SSSR count). The standard InChI is InChI=1S/C19H26N4O2/c20-12-7-13-21-18(24)17(14-15-8-3-1-4-9-15)23-19(25)22-16-10-5-2-6-11-16/h1,3-4,8-9,16-17H,2,5-7,10-11,13-14H2,(H,21,24)(H2,22,23,25). The van der Waals surface area contributed by atoms with Crippen LogP contribution in [0, 0.1) is 11.3 Å². The molecular formula is C19H26N4O2. The highest BCUT2D eigenvalue weighted by Crippen LogP contribution is 2.17. The second kappa shape index (κ2) is 10.3. The summed E-state index contributed by atoms with van der Waals surface area (Å²) in [6.45, 7) is 0.284. The highest BCUT2D eigenvalue weighted by atomic mass is 16.2. The molecule has 1 aliphatic rings. The normalized spacial score (nSPS) is 15.6. The van der Waals surface area contributed by atoms with E-state index in [1.165, 1.54) is 6.42 Å². The molecule has 1 aliphatic carbocycles. The molecule has 3 N–H and O–H groups in total. The molecule has 1 fully saturated rings. The van der Waals surface area contributed by atoms with Crippen LogP contribution in [0.4, 0.5) is 4.79 Å². The van der Waals surface area contributed by atoms with Crippen LogP contribution in [0.1, 0.15) is 44.1 Å². The molecule has 6 nitrogen and oxygen atoms in total. The zero-order chi connectivity index (χ0) is 17.9. The van der Waals surface area contributed by atoms with Crippen LogP contribution in [0.15, 0.2) is 30.3 Å². The van der Waals surface area contributed by atoms with Crippen LogP contribution in [-0.4, -0.2) is 30.6 Å². The molecule has 0 bridgehead atoms. The predicted molar refractivity (Wildman–Crippen MR) is 95.7 cm³/mol. The van der Waals surface area contributed by atoms with Gasteiger partial charge in [0.2, 0.25) is 5.91 Å². The molecule has 0 radical (unpaired) electrons. The number of carbonyl (C=O) groups excluding carboxylic acids is 2. The summed E-state index contributed by atoms with van der Waals surface area (Å²) in [4.78, 5) is 24.7. The first-order chi connectivity index (χ1) is 12.2. The first kappa shape index (κ1) is 18.8. The van der Waals surface area contributed by atoms with Gasteiger partial charge in [-0.25, -0.2) is 4.79 Å². The van der Waals surface area contributed by atoms with Crippen molar-refractivity contribution in [3.05, 3.63) is 35.9 Å². The van der Waals surface area contributed by atoms with Crippen molar-refractivity contribution in [2.75, 3.05) is 6.54 Å². The van der Waals surface area contributed by atoms with Crippen molar-refractivity contribution in [2.24, 2.45) is 0 Å². The minimum absolute atomic E-state index is 0.188. The van der Waals surface area contributed by atoms with E-state index in [2.05, 4.69) is 16.0 Å². The van der Waals surface area contributed by atoms with E-state index in [9.17, 15) is 9.59 Å². The number of nitrogens with one attached hydrogen (secondary N) is 3. The number of hydrogen-bond acceptors (Lipinski definition) is 3. The lowest BCUT2D eigenvalue weighted by atomic mass is 9.96. The maximum Gasteiger partial charge on any atom is 0.315 e. The van der Waals surface area contributed by atoms with E-state index in [0.29, 0.717) is 6.42 Å². The number of nitrogens with zero attached hydrogens (tertiary/aromatic N) is 1. The number of benzene rings is 1. The van der Waals surface area contributed by atoms with Gasteiger partial charge < -0.3 is 16.0 Å². The fourth-order valence-electron chi connectivity index (χ4n) is 3.06. The Morgan fingerprint density at radius 2 is 1.88 bits per heavy atom. The topological polar surface area (TPSA) is 94.0 Å². The Balaban J connectivity index is 1.93. The van der Waals surface area contributed by atoms with Gasteiger partial charge in [-0.3, -0.25) is 4.79 Å². The fourth-order valence-corrected chi connectivity index (χ4v) is 3.06. The Bertz CT molecular complexity index is 591. The second-order valence-corrected chi connectivity index (χ2v) is 6.39. The third kappa shape index (κ3) is 6.84. The SMILES string of the molecule is N#CCCNC(=O)C(Cc1ccccc1)NC(=O)NC1CCCCC1. The minimum Gasteiger partial charge on any atom is -0.353 e. The Kier molecular flexibility index (Phi) is 7.77. The highest BCUT2D eigenvalue weighted by Gasteiger charge is 2.23. The van der Waals surface area contributed by atoms with Crippen molar-refractivity contribution < 1.29 is 9.59 Å². The third-order valence-corrected chi connectivity index (χ3v) is 4.38. The number of amides is 3. The number of urea groups is 1. The summed E-state index contributed by atoms with van der Waals surface area (Å²) in [5, 5.41) is 17.1. The zero-order valence-corrected chi connectivity index (χ0v) is 14.5. The summed E-state index contributed by atoms with van der Waals surface area (Å²) >= 11 is 0. The summed E-state index contributed by atoms with van der Waals surface area (Å²) in [6, 6.07) is 10.8. The molecule has 0 aliphatic heterocycles. The van der Waals surface area contributed by atoms with Gasteiger partial charge in [0.25, 0.3) is 0 Å². The second-order valence-electron chi connectivity index (χ2n) is 6.39. The Morgan fingerprint density at radius 1 is 1.16 bits per heavy atom. The van der Waals surface area contributed by atoms with E-state index in [-0.39, 0.29) is 30.9 Å². The van der Waals surface area contributed by atoms with E-state index < -0.39 is 6.04 Å². The Morgan fingerprint density at radius 3 is 2.56 bits per heavy atom. The molecule has 6 heteroatoms. The van der Waals surface area contributed by atoms with Crippen molar-refractivity contribution in [1.29, 1.82) is 5.26 Å². The number of hydrogen-bond donors (Lipinski definition) is 3. The molecule has 1 atom stereocenters. The summed E-state index contributed by atoms with van der Waals surface area (Å²) in [7, 11) is 0. The molecule has 0 aromatic heterocycles. The van der Waals surface area contributed by atoms with Crippen LogP contribution >= 0.6 is 0 Å². The van der Waals surface area contributed by atoms with E-state index in [1.54, 1.807) is 0 Å². The van der Waals surface area contributed by atoms with Crippen LogP contribution in [0.2, 0.25) is 0 Å².